The van der Waals surface area contributed by atoms with E-state index in [-0.39, 0.29) is 0 Å². The lowest BCUT2D eigenvalue weighted by atomic mass is 10.1. The van der Waals surface area contributed by atoms with Gasteiger partial charge in [0.2, 0.25) is 0 Å². The molecule has 0 aliphatic heterocycles. The summed E-state index contributed by atoms with van der Waals surface area (Å²) in [5.41, 5.74) is 2.50. The van der Waals surface area contributed by atoms with Gasteiger partial charge in [0.25, 0.3) is 0 Å². The Hall–Kier alpha value is -0.470. The molecule has 0 fully saturated rings. The fourth-order valence-electron chi connectivity index (χ4n) is 1.62. The normalized spacial score (nSPS) is 11.0. The summed E-state index contributed by atoms with van der Waals surface area (Å²) in [6, 6.07) is 5.99. The molecular formula is C11H11BrClN. The number of H-pyrrole nitrogens is 1. The Kier molecular flexibility index (Phi) is 3.14. The zero-order chi connectivity index (χ0) is 9.97. The van der Waals surface area contributed by atoms with Crippen molar-refractivity contribution in [3.8, 4) is 0 Å². The van der Waals surface area contributed by atoms with Crippen LogP contribution in [0.4, 0.5) is 0 Å². The van der Waals surface area contributed by atoms with E-state index in [1.807, 2.05) is 12.1 Å². The van der Waals surface area contributed by atoms with Crippen molar-refractivity contribution < 1.29 is 0 Å². The molecule has 2 rings (SSSR count). The van der Waals surface area contributed by atoms with Gasteiger partial charge in [0.15, 0.2) is 0 Å². The number of nitrogens with one attached hydrogen (secondary N) is 1. The summed E-state index contributed by atoms with van der Waals surface area (Å²) in [6.45, 7) is 0. The van der Waals surface area contributed by atoms with Crippen molar-refractivity contribution >= 4 is 38.4 Å². The third kappa shape index (κ3) is 1.96. The number of aryl methyl sites for hydroxylation is 1. The van der Waals surface area contributed by atoms with E-state index in [1.54, 1.807) is 0 Å². The number of hydrogen-bond donors (Lipinski definition) is 1. The number of aromatic amines is 1. The number of fused-ring (bicyclic) bond motifs is 1. The number of halogens is 2. The second kappa shape index (κ2) is 4.37. The van der Waals surface area contributed by atoms with Gasteiger partial charge in [-0.15, -0.1) is 0 Å². The van der Waals surface area contributed by atoms with Crippen LogP contribution in [0.3, 0.4) is 0 Å². The monoisotopic (exact) mass is 271 g/mol. The maximum Gasteiger partial charge on any atom is 0.0471 e. The Morgan fingerprint density at radius 1 is 1.36 bits per heavy atom. The SMILES string of the molecule is Clc1ccc2c(CCCBr)c[nH]c2c1. The van der Waals surface area contributed by atoms with Gasteiger partial charge in [0.05, 0.1) is 0 Å². The van der Waals surface area contributed by atoms with Crippen LogP contribution in [0.2, 0.25) is 5.02 Å². The highest BCUT2D eigenvalue weighted by molar-refractivity contribution is 9.09. The maximum atomic E-state index is 5.90. The predicted octanol–water partition coefficient (Wildman–Crippen LogP) is 4.15. The first-order chi connectivity index (χ1) is 6.81. The van der Waals surface area contributed by atoms with Crippen molar-refractivity contribution in [3.63, 3.8) is 0 Å². The zero-order valence-electron chi connectivity index (χ0n) is 7.69. The molecule has 1 heterocycles. The summed E-state index contributed by atoms with van der Waals surface area (Å²) in [4.78, 5) is 3.24. The number of benzene rings is 1. The Labute approximate surface area is 96.6 Å². The van der Waals surface area contributed by atoms with Crippen molar-refractivity contribution in [3.05, 3.63) is 35.0 Å². The average molecular weight is 273 g/mol. The maximum absolute atomic E-state index is 5.90. The summed E-state index contributed by atoms with van der Waals surface area (Å²) < 4.78 is 0. The van der Waals surface area contributed by atoms with Gasteiger partial charge in [0, 0.05) is 27.5 Å². The van der Waals surface area contributed by atoms with Crippen LogP contribution >= 0.6 is 27.5 Å². The van der Waals surface area contributed by atoms with Crippen LogP contribution in [0.1, 0.15) is 12.0 Å². The van der Waals surface area contributed by atoms with Gasteiger partial charge in [0.1, 0.15) is 0 Å². The number of aromatic nitrogens is 1. The molecule has 1 nitrogen and oxygen atoms in total. The third-order valence-electron chi connectivity index (χ3n) is 2.31. The first kappa shape index (κ1) is 10.1. The lowest BCUT2D eigenvalue weighted by molar-refractivity contribution is 0.947. The first-order valence-corrected chi connectivity index (χ1v) is 6.12. The lowest BCUT2D eigenvalue weighted by Crippen LogP contribution is -1.83. The molecule has 0 amide bonds. The molecule has 1 aromatic carbocycles. The van der Waals surface area contributed by atoms with Crippen molar-refractivity contribution in [2.75, 3.05) is 5.33 Å². The van der Waals surface area contributed by atoms with Gasteiger partial charge in [-0.05, 0) is 30.5 Å². The summed E-state index contributed by atoms with van der Waals surface area (Å²) >= 11 is 9.34. The molecule has 0 saturated carbocycles. The molecule has 0 saturated heterocycles. The molecule has 0 atom stereocenters. The number of hydrogen-bond acceptors (Lipinski definition) is 0. The quantitative estimate of drug-likeness (QED) is 0.808. The average Bonchev–Trinajstić information content (AvgIpc) is 2.57. The zero-order valence-corrected chi connectivity index (χ0v) is 10.0. The Bertz CT molecular complexity index is 436. The van der Waals surface area contributed by atoms with E-state index in [4.69, 9.17) is 11.6 Å². The number of alkyl halides is 1. The fraction of sp³-hybridized carbons (Fsp3) is 0.273. The highest BCUT2D eigenvalue weighted by Crippen LogP contribution is 2.22. The van der Waals surface area contributed by atoms with Crippen molar-refractivity contribution in [2.45, 2.75) is 12.8 Å². The molecule has 3 heteroatoms. The molecule has 74 valence electrons. The van der Waals surface area contributed by atoms with Gasteiger partial charge in [-0.3, -0.25) is 0 Å². The molecule has 1 aromatic heterocycles. The van der Waals surface area contributed by atoms with Crippen LogP contribution in [0, 0.1) is 0 Å². The topological polar surface area (TPSA) is 15.8 Å². The van der Waals surface area contributed by atoms with E-state index in [2.05, 4.69) is 33.2 Å². The summed E-state index contributed by atoms with van der Waals surface area (Å²) in [6.07, 6.45) is 4.34. The van der Waals surface area contributed by atoms with E-state index in [0.717, 1.165) is 28.7 Å². The van der Waals surface area contributed by atoms with Crippen molar-refractivity contribution in [1.29, 1.82) is 0 Å². The van der Waals surface area contributed by atoms with E-state index < -0.39 is 0 Å². The second-order valence-corrected chi connectivity index (χ2v) is 4.53. The Balaban J connectivity index is 2.37. The highest BCUT2D eigenvalue weighted by atomic mass is 79.9. The van der Waals surface area contributed by atoms with Crippen LogP contribution in [-0.4, -0.2) is 10.3 Å². The summed E-state index contributed by atoms with van der Waals surface area (Å²) in [7, 11) is 0. The number of rotatable bonds is 3. The van der Waals surface area contributed by atoms with E-state index >= 15 is 0 Å². The molecule has 1 N–H and O–H groups in total. The van der Waals surface area contributed by atoms with Gasteiger partial charge >= 0.3 is 0 Å². The molecule has 0 aliphatic carbocycles. The largest absolute Gasteiger partial charge is 0.361 e. The minimum atomic E-state index is 0.784. The Morgan fingerprint density at radius 3 is 3.00 bits per heavy atom. The van der Waals surface area contributed by atoms with Gasteiger partial charge in [-0.25, -0.2) is 0 Å². The minimum Gasteiger partial charge on any atom is -0.361 e. The lowest BCUT2D eigenvalue weighted by Gasteiger charge is -1.96. The third-order valence-corrected chi connectivity index (χ3v) is 3.11. The van der Waals surface area contributed by atoms with Gasteiger partial charge < -0.3 is 4.98 Å². The molecule has 0 aliphatic rings. The van der Waals surface area contributed by atoms with Crippen LogP contribution in [0.25, 0.3) is 10.9 Å². The minimum absolute atomic E-state index is 0.784. The van der Waals surface area contributed by atoms with E-state index in [1.165, 1.54) is 10.9 Å². The molecule has 14 heavy (non-hydrogen) atoms. The van der Waals surface area contributed by atoms with Crippen molar-refractivity contribution in [1.82, 2.24) is 4.98 Å². The van der Waals surface area contributed by atoms with E-state index in [9.17, 15) is 0 Å². The van der Waals surface area contributed by atoms with Gasteiger partial charge in [-0.1, -0.05) is 33.6 Å². The molecule has 0 spiro atoms. The fourth-order valence-corrected chi connectivity index (χ4v) is 2.08. The van der Waals surface area contributed by atoms with Crippen LogP contribution in [-0.2, 0) is 6.42 Å². The smallest absolute Gasteiger partial charge is 0.0471 e. The van der Waals surface area contributed by atoms with Crippen molar-refractivity contribution in [2.24, 2.45) is 0 Å². The molecule has 0 radical (unpaired) electrons. The standard InChI is InChI=1S/C11H11BrClN/c12-5-1-2-8-7-14-11-6-9(13)3-4-10(8)11/h3-4,6-7,14H,1-2,5H2. The van der Waals surface area contributed by atoms with E-state index in [0.29, 0.717) is 0 Å². The predicted molar refractivity (Wildman–Crippen MR) is 65.4 cm³/mol. The molecule has 2 aromatic rings. The Morgan fingerprint density at radius 2 is 2.21 bits per heavy atom. The van der Waals surface area contributed by atoms with Crippen LogP contribution < -0.4 is 0 Å². The van der Waals surface area contributed by atoms with Crippen LogP contribution in [0.15, 0.2) is 24.4 Å². The molecule has 0 bridgehead atoms. The summed E-state index contributed by atoms with van der Waals surface area (Å²) in [5, 5.41) is 3.12. The highest BCUT2D eigenvalue weighted by Gasteiger charge is 2.02. The van der Waals surface area contributed by atoms with Crippen LogP contribution in [0.5, 0.6) is 0 Å². The second-order valence-electron chi connectivity index (χ2n) is 3.30. The first-order valence-electron chi connectivity index (χ1n) is 4.63. The van der Waals surface area contributed by atoms with Gasteiger partial charge in [-0.2, -0.15) is 0 Å². The molecule has 0 unspecified atom stereocenters. The summed E-state index contributed by atoms with van der Waals surface area (Å²) in [5.74, 6) is 0. The molecular weight excluding hydrogens is 261 g/mol.